The van der Waals surface area contributed by atoms with Crippen LogP contribution in [0, 0.1) is 5.82 Å². The van der Waals surface area contributed by atoms with Crippen molar-refractivity contribution in [2.24, 2.45) is 0 Å². The Kier molecular flexibility index (Phi) is 3.43. The molecule has 1 heterocycles. The highest BCUT2D eigenvalue weighted by Gasteiger charge is 2.07. The van der Waals surface area contributed by atoms with Gasteiger partial charge in [-0.2, -0.15) is 0 Å². The summed E-state index contributed by atoms with van der Waals surface area (Å²) in [6.07, 6.45) is 1.33. The molecule has 2 aromatic rings. The van der Waals surface area contributed by atoms with Gasteiger partial charge in [0.1, 0.15) is 11.6 Å². The van der Waals surface area contributed by atoms with Gasteiger partial charge >= 0.3 is 5.97 Å². The van der Waals surface area contributed by atoms with E-state index in [1.807, 2.05) is 0 Å². The third-order valence-electron chi connectivity index (χ3n) is 2.20. The predicted octanol–water partition coefficient (Wildman–Crippen LogP) is 3.32. The molecule has 4 nitrogen and oxygen atoms in total. The number of carbonyl (C=O) groups is 1. The summed E-state index contributed by atoms with van der Waals surface area (Å²) in [5.41, 5.74) is 0.201. The molecule has 0 fully saturated rings. The molecule has 0 spiro atoms. The van der Waals surface area contributed by atoms with Crippen molar-refractivity contribution in [2.75, 3.05) is 5.32 Å². The first-order valence-electron chi connectivity index (χ1n) is 4.97. The largest absolute Gasteiger partial charge is 0.478 e. The number of rotatable bonds is 3. The smallest absolute Gasteiger partial charge is 0.335 e. The topological polar surface area (TPSA) is 62.2 Å². The maximum atomic E-state index is 13.4. The minimum Gasteiger partial charge on any atom is -0.478 e. The van der Waals surface area contributed by atoms with Crippen LogP contribution in [0.1, 0.15) is 10.4 Å². The molecule has 0 saturated carbocycles. The average Bonchev–Trinajstić information content (AvgIpc) is 2.34. The summed E-state index contributed by atoms with van der Waals surface area (Å²) >= 11 is 5.74. The first kappa shape index (κ1) is 12.3. The van der Waals surface area contributed by atoms with Crippen LogP contribution in [0.4, 0.5) is 15.9 Å². The van der Waals surface area contributed by atoms with E-state index in [2.05, 4.69) is 10.3 Å². The third kappa shape index (κ3) is 2.75. The number of halogens is 2. The molecule has 18 heavy (non-hydrogen) atoms. The van der Waals surface area contributed by atoms with Crippen LogP contribution in [0.15, 0.2) is 36.5 Å². The van der Waals surface area contributed by atoms with E-state index in [1.54, 1.807) is 0 Å². The molecular formula is C12H8ClFN2O2. The van der Waals surface area contributed by atoms with Crippen molar-refractivity contribution in [1.82, 2.24) is 4.98 Å². The number of hydrogen-bond acceptors (Lipinski definition) is 3. The fourth-order valence-corrected chi connectivity index (χ4v) is 1.54. The van der Waals surface area contributed by atoms with Crippen LogP contribution in [0.5, 0.6) is 0 Å². The first-order chi connectivity index (χ1) is 8.56. The van der Waals surface area contributed by atoms with Gasteiger partial charge in [0.05, 0.1) is 11.3 Å². The first-order valence-corrected chi connectivity index (χ1v) is 5.35. The third-order valence-corrected chi connectivity index (χ3v) is 2.43. The van der Waals surface area contributed by atoms with E-state index in [9.17, 15) is 9.18 Å². The van der Waals surface area contributed by atoms with E-state index in [-0.39, 0.29) is 17.1 Å². The van der Waals surface area contributed by atoms with Gasteiger partial charge in [-0.3, -0.25) is 0 Å². The highest BCUT2D eigenvalue weighted by Crippen LogP contribution is 2.22. The molecule has 1 aromatic heterocycles. The molecule has 0 aliphatic rings. The number of carboxylic acids is 1. The van der Waals surface area contributed by atoms with Crippen molar-refractivity contribution in [3.8, 4) is 0 Å². The van der Waals surface area contributed by atoms with E-state index in [0.29, 0.717) is 5.02 Å². The second kappa shape index (κ2) is 5.01. The summed E-state index contributed by atoms with van der Waals surface area (Å²) in [4.78, 5) is 14.7. The van der Waals surface area contributed by atoms with Crippen LogP contribution < -0.4 is 5.32 Å². The second-order valence-corrected chi connectivity index (χ2v) is 3.92. The average molecular weight is 267 g/mol. The number of anilines is 2. The Morgan fingerprint density at radius 1 is 1.33 bits per heavy atom. The SMILES string of the molecule is O=C(O)c1ccnc(Nc2cc(Cl)ccc2F)c1. The van der Waals surface area contributed by atoms with Gasteiger partial charge in [0.25, 0.3) is 0 Å². The van der Waals surface area contributed by atoms with Gasteiger partial charge in [0.2, 0.25) is 0 Å². The Balaban J connectivity index is 2.31. The molecule has 0 aliphatic carbocycles. The Morgan fingerprint density at radius 2 is 2.11 bits per heavy atom. The van der Waals surface area contributed by atoms with Crippen LogP contribution in [0.3, 0.4) is 0 Å². The van der Waals surface area contributed by atoms with Crippen LogP contribution in [-0.4, -0.2) is 16.1 Å². The van der Waals surface area contributed by atoms with Crippen LogP contribution in [0.2, 0.25) is 5.02 Å². The lowest BCUT2D eigenvalue weighted by Gasteiger charge is -2.07. The summed E-state index contributed by atoms with van der Waals surface area (Å²) in [5.74, 6) is -1.34. The van der Waals surface area contributed by atoms with E-state index in [1.165, 1.54) is 36.5 Å². The fourth-order valence-electron chi connectivity index (χ4n) is 1.36. The van der Waals surface area contributed by atoms with Crippen molar-refractivity contribution in [1.29, 1.82) is 0 Å². The van der Waals surface area contributed by atoms with Crippen LogP contribution in [0.25, 0.3) is 0 Å². The van der Waals surface area contributed by atoms with Gasteiger partial charge in [-0.05, 0) is 30.3 Å². The molecule has 6 heteroatoms. The van der Waals surface area contributed by atoms with E-state index in [4.69, 9.17) is 16.7 Å². The second-order valence-electron chi connectivity index (χ2n) is 3.48. The number of benzene rings is 1. The molecule has 0 atom stereocenters. The lowest BCUT2D eigenvalue weighted by atomic mass is 10.2. The van der Waals surface area contributed by atoms with Gasteiger partial charge < -0.3 is 10.4 Å². The summed E-state index contributed by atoms with van der Waals surface area (Å²) in [5, 5.41) is 11.9. The molecule has 0 saturated heterocycles. The standard InChI is InChI=1S/C12H8ClFN2O2/c13-8-1-2-9(14)10(6-8)16-11-5-7(12(17)18)3-4-15-11/h1-6H,(H,15,16)(H,17,18). The van der Waals surface area contributed by atoms with Gasteiger partial charge in [-0.1, -0.05) is 11.6 Å². The monoisotopic (exact) mass is 266 g/mol. The minimum absolute atomic E-state index is 0.0648. The molecule has 92 valence electrons. The molecule has 0 bridgehead atoms. The molecule has 1 aromatic carbocycles. The highest BCUT2D eigenvalue weighted by atomic mass is 35.5. The Bertz CT molecular complexity index is 604. The predicted molar refractivity (Wildman–Crippen MR) is 65.9 cm³/mol. The fraction of sp³-hybridized carbons (Fsp3) is 0. The molecular weight excluding hydrogens is 259 g/mol. The van der Waals surface area contributed by atoms with Gasteiger partial charge in [-0.25, -0.2) is 14.2 Å². The Morgan fingerprint density at radius 3 is 2.83 bits per heavy atom. The van der Waals surface area contributed by atoms with Crippen LogP contribution in [-0.2, 0) is 0 Å². The number of aromatic nitrogens is 1. The van der Waals surface area contributed by atoms with Gasteiger partial charge in [0.15, 0.2) is 0 Å². The summed E-state index contributed by atoms with van der Waals surface area (Å²) in [6, 6.07) is 6.69. The normalized spacial score (nSPS) is 10.1. The van der Waals surface area contributed by atoms with E-state index in [0.717, 1.165) is 0 Å². The number of pyridine rings is 1. The summed E-state index contributed by atoms with van der Waals surface area (Å²) < 4.78 is 13.4. The number of carboxylic acid groups (broad SMARTS) is 1. The molecule has 2 rings (SSSR count). The highest BCUT2D eigenvalue weighted by molar-refractivity contribution is 6.30. The zero-order valence-corrected chi connectivity index (χ0v) is 9.78. The maximum Gasteiger partial charge on any atom is 0.335 e. The summed E-state index contributed by atoms with van der Waals surface area (Å²) in [6.45, 7) is 0. The Labute approximate surface area is 107 Å². The van der Waals surface area contributed by atoms with Crippen molar-refractivity contribution < 1.29 is 14.3 Å². The number of aromatic carboxylic acids is 1. The number of nitrogens with one attached hydrogen (secondary N) is 1. The molecule has 0 amide bonds. The van der Waals surface area contributed by atoms with Crippen molar-refractivity contribution in [3.05, 3.63) is 52.9 Å². The van der Waals surface area contributed by atoms with Gasteiger partial charge in [-0.15, -0.1) is 0 Å². The van der Waals surface area contributed by atoms with Crippen molar-refractivity contribution in [2.45, 2.75) is 0 Å². The minimum atomic E-state index is -1.08. The number of nitrogens with zero attached hydrogens (tertiary/aromatic N) is 1. The van der Waals surface area contributed by atoms with Crippen LogP contribution >= 0.6 is 11.6 Å². The van der Waals surface area contributed by atoms with Crippen molar-refractivity contribution in [3.63, 3.8) is 0 Å². The molecule has 2 N–H and O–H groups in total. The zero-order valence-electron chi connectivity index (χ0n) is 9.02. The quantitative estimate of drug-likeness (QED) is 0.895. The maximum absolute atomic E-state index is 13.4. The number of hydrogen-bond donors (Lipinski definition) is 2. The van der Waals surface area contributed by atoms with Gasteiger partial charge in [0, 0.05) is 11.2 Å². The molecule has 0 radical (unpaired) electrons. The Hall–Kier alpha value is -2.14. The molecule has 0 aliphatic heterocycles. The molecule has 0 unspecified atom stereocenters. The van der Waals surface area contributed by atoms with E-state index >= 15 is 0 Å². The zero-order chi connectivity index (χ0) is 13.1. The lowest BCUT2D eigenvalue weighted by Crippen LogP contribution is -2.00. The van der Waals surface area contributed by atoms with E-state index < -0.39 is 11.8 Å². The summed E-state index contributed by atoms with van der Waals surface area (Å²) in [7, 11) is 0. The van der Waals surface area contributed by atoms with Crippen molar-refractivity contribution >= 4 is 29.1 Å². The lowest BCUT2D eigenvalue weighted by molar-refractivity contribution is 0.0697.